The summed E-state index contributed by atoms with van der Waals surface area (Å²) >= 11 is 0. The Morgan fingerprint density at radius 3 is 2.58 bits per heavy atom. The number of nitrogens with one attached hydrogen (secondary N) is 1. The topological polar surface area (TPSA) is 64.4 Å². The second-order valence-corrected chi connectivity index (χ2v) is 5.09. The zero-order chi connectivity index (χ0) is 13.7. The summed E-state index contributed by atoms with van der Waals surface area (Å²) in [5.74, 6) is -0.00427. The van der Waals surface area contributed by atoms with Crippen LogP contribution < -0.4 is 11.1 Å². The predicted octanol–water partition coefficient (Wildman–Crippen LogP) is 1.37. The summed E-state index contributed by atoms with van der Waals surface area (Å²) in [5, 5.41) is 2.92. The van der Waals surface area contributed by atoms with Gasteiger partial charge in [-0.05, 0) is 43.9 Å². The number of nitrogens with two attached hydrogens (primary N) is 1. The smallest absolute Gasteiger partial charge is 0.249 e. The van der Waals surface area contributed by atoms with Gasteiger partial charge in [0.05, 0.1) is 6.10 Å². The normalized spacial score (nSPS) is 22.4. The highest BCUT2D eigenvalue weighted by Gasteiger charge is 2.27. The fourth-order valence-electron chi connectivity index (χ4n) is 2.29. The molecule has 4 heteroatoms. The van der Waals surface area contributed by atoms with E-state index in [0.717, 1.165) is 24.8 Å². The fraction of sp³-hybridized carbons (Fsp3) is 0.533. The molecule has 2 rings (SSSR count). The number of benzene rings is 1. The van der Waals surface area contributed by atoms with E-state index in [-0.39, 0.29) is 18.1 Å². The van der Waals surface area contributed by atoms with E-state index in [1.54, 1.807) is 0 Å². The van der Waals surface area contributed by atoms with Crippen LogP contribution in [-0.4, -0.2) is 24.7 Å². The molecule has 3 N–H and O–H groups in total. The Labute approximate surface area is 114 Å². The first-order valence-electron chi connectivity index (χ1n) is 6.90. The maximum atomic E-state index is 11.9. The minimum Gasteiger partial charge on any atom is -0.365 e. The zero-order valence-corrected chi connectivity index (χ0v) is 11.4. The first-order valence-corrected chi connectivity index (χ1v) is 6.90. The number of rotatable bonds is 5. The largest absolute Gasteiger partial charge is 0.365 e. The Morgan fingerprint density at radius 2 is 2.00 bits per heavy atom. The van der Waals surface area contributed by atoms with Crippen molar-refractivity contribution in [2.75, 3.05) is 6.54 Å². The molecule has 1 fully saturated rings. The van der Waals surface area contributed by atoms with Crippen LogP contribution in [0.2, 0.25) is 0 Å². The van der Waals surface area contributed by atoms with Crippen molar-refractivity contribution < 1.29 is 9.53 Å². The van der Waals surface area contributed by atoms with Crippen molar-refractivity contribution in [1.82, 2.24) is 5.32 Å². The van der Waals surface area contributed by atoms with Gasteiger partial charge in [0.2, 0.25) is 5.91 Å². The molecular weight excluding hydrogens is 240 g/mol. The lowest BCUT2D eigenvalue weighted by Crippen LogP contribution is -2.34. The third-order valence-electron chi connectivity index (χ3n) is 3.45. The van der Waals surface area contributed by atoms with Gasteiger partial charge in [0, 0.05) is 6.54 Å². The van der Waals surface area contributed by atoms with Crippen molar-refractivity contribution in [3.8, 4) is 0 Å². The van der Waals surface area contributed by atoms with Crippen LogP contribution in [0.3, 0.4) is 0 Å². The number of amides is 1. The third kappa shape index (κ3) is 4.04. The summed E-state index contributed by atoms with van der Waals surface area (Å²) in [6, 6.07) is 8.18. The molecule has 0 aliphatic carbocycles. The summed E-state index contributed by atoms with van der Waals surface area (Å²) in [6.07, 6.45) is 2.60. The summed E-state index contributed by atoms with van der Waals surface area (Å²) in [4.78, 5) is 11.9. The van der Waals surface area contributed by atoms with E-state index in [9.17, 15) is 4.79 Å². The first kappa shape index (κ1) is 14.0. The number of ether oxygens (including phenoxy) is 1. The monoisotopic (exact) mass is 262 g/mol. The Morgan fingerprint density at radius 1 is 1.32 bits per heavy atom. The van der Waals surface area contributed by atoms with Gasteiger partial charge in [0.1, 0.15) is 6.10 Å². The molecule has 0 spiro atoms. The molecule has 1 heterocycles. The second kappa shape index (κ2) is 6.68. The molecule has 1 amide bonds. The van der Waals surface area contributed by atoms with Crippen LogP contribution in [-0.2, 0) is 22.5 Å². The van der Waals surface area contributed by atoms with Crippen molar-refractivity contribution >= 4 is 5.91 Å². The lowest BCUT2D eigenvalue weighted by Gasteiger charge is -2.12. The SMILES string of the molecule is CC1CCC(C(=O)NCc2ccc(CCN)cc2)O1. The maximum Gasteiger partial charge on any atom is 0.249 e. The first-order chi connectivity index (χ1) is 9.19. The molecule has 2 unspecified atom stereocenters. The molecule has 1 aliphatic heterocycles. The Bertz CT molecular complexity index is 417. The Hall–Kier alpha value is -1.39. The number of carbonyl (C=O) groups is 1. The van der Waals surface area contributed by atoms with E-state index in [2.05, 4.69) is 17.4 Å². The van der Waals surface area contributed by atoms with Crippen LogP contribution >= 0.6 is 0 Å². The standard InChI is InChI=1S/C15H22N2O2/c1-11-2-7-14(19-11)15(18)17-10-13-5-3-12(4-6-13)8-9-16/h3-6,11,14H,2,7-10,16H2,1H3,(H,17,18). The van der Waals surface area contributed by atoms with E-state index in [0.29, 0.717) is 13.1 Å². The predicted molar refractivity (Wildman–Crippen MR) is 74.6 cm³/mol. The summed E-state index contributed by atoms with van der Waals surface area (Å²) in [5.41, 5.74) is 7.83. The van der Waals surface area contributed by atoms with E-state index in [1.807, 2.05) is 19.1 Å². The number of hydrogen-bond donors (Lipinski definition) is 2. The van der Waals surface area contributed by atoms with Gasteiger partial charge in [-0.1, -0.05) is 24.3 Å². The maximum absolute atomic E-state index is 11.9. The zero-order valence-electron chi connectivity index (χ0n) is 11.4. The van der Waals surface area contributed by atoms with Crippen LogP contribution in [0.15, 0.2) is 24.3 Å². The highest BCUT2D eigenvalue weighted by atomic mass is 16.5. The number of hydrogen-bond acceptors (Lipinski definition) is 3. The summed E-state index contributed by atoms with van der Waals surface area (Å²) in [6.45, 7) is 3.21. The lowest BCUT2D eigenvalue weighted by atomic mass is 10.1. The molecule has 1 saturated heterocycles. The fourth-order valence-corrected chi connectivity index (χ4v) is 2.29. The molecular formula is C15H22N2O2. The third-order valence-corrected chi connectivity index (χ3v) is 3.45. The van der Waals surface area contributed by atoms with Gasteiger partial charge >= 0.3 is 0 Å². The average Bonchev–Trinajstić information content (AvgIpc) is 2.85. The van der Waals surface area contributed by atoms with Crippen molar-refractivity contribution in [1.29, 1.82) is 0 Å². The van der Waals surface area contributed by atoms with Crippen LogP contribution in [0.1, 0.15) is 30.9 Å². The molecule has 1 aliphatic rings. The van der Waals surface area contributed by atoms with Crippen molar-refractivity contribution in [2.24, 2.45) is 5.73 Å². The van der Waals surface area contributed by atoms with E-state index < -0.39 is 0 Å². The molecule has 0 aromatic heterocycles. The molecule has 104 valence electrons. The van der Waals surface area contributed by atoms with Gasteiger partial charge in [-0.3, -0.25) is 4.79 Å². The quantitative estimate of drug-likeness (QED) is 0.842. The van der Waals surface area contributed by atoms with Gasteiger partial charge in [-0.15, -0.1) is 0 Å². The second-order valence-electron chi connectivity index (χ2n) is 5.09. The van der Waals surface area contributed by atoms with Gasteiger partial charge in [0.15, 0.2) is 0 Å². The lowest BCUT2D eigenvalue weighted by molar-refractivity contribution is -0.131. The highest BCUT2D eigenvalue weighted by molar-refractivity contribution is 5.80. The van der Waals surface area contributed by atoms with Crippen molar-refractivity contribution in [3.05, 3.63) is 35.4 Å². The van der Waals surface area contributed by atoms with Gasteiger partial charge in [-0.2, -0.15) is 0 Å². The van der Waals surface area contributed by atoms with E-state index >= 15 is 0 Å². The van der Waals surface area contributed by atoms with Crippen molar-refractivity contribution in [2.45, 2.75) is 44.9 Å². The van der Waals surface area contributed by atoms with Crippen LogP contribution in [0.25, 0.3) is 0 Å². The molecule has 19 heavy (non-hydrogen) atoms. The van der Waals surface area contributed by atoms with Crippen LogP contribution in [0.5, 0.6) is 0 Å². The van der Waals surface area contributed by atoms with Crippen molar-refractivity contribution in [3.63, 3.8) is 0 Å². The minimum atomic E-state index is -0.272. The molecule has 1 aromatic carbocycles. The van der Waals surface area contributed by atoms with Gasteiger partial charge in [-0.25, -0.2) is 0 Å². The molecule has 0 radical (unpaired) electrons. The van der Waals surface area contributed by atoms with Crippen LogP contribution in [0, 0.1) is 0 Å². The van der Waals surface area contributed by atoms with E-state index in [4.69, 9.17) is 10.5 Å². The Kier molecular flexibility index (Phi) is 4.93. The minimum absolute atomic E-state index is 0.00427. The summed E-state index contributed by atoms with van der Waals surface area (Å²) in [7, 11) is 0. The number of carbonyl (C=O) groups excluding carboxylic acids is 1. The molecule has 0 saturated carbocycles. The van der Waals surface area contributed by atoms with E-state index in [1.165, 1.54) is 5.56 Å². The molecule has 1 aromatic rings. The highest BCUT2D eigenvalue weighted by Crippen LogP contribution is 2.19. The summed E-state index contributed by atoms with van der Waals surface area (Å²) < 4.78 is 5.54. The molecule has 4 nitrogen and oxygen atoms in total. The molecule has 2 atom stereocenters. The average molecular weight is 262 g/mol. The Balaban J connectivity index is 1.80. The van der Waals surface area contributed by atoms with Crippen LogP contribution in [0.4, 0.5) is 0 Å². The van der Waals surface area contributed by atoms with Gasteiger partial charge in [0.25, 0.3) is 0 Å². The molecule has 0 bridgehead atoms. The van der Waals surface area contributed by atoms with Gasteiger partial charge < -0.3 is 15.8 Å².